The van der Waals surface area contributed by atoms with Crippen molar-refractivity contribution in [3.05, 3.63) is 52.6 Å². The van der Waals surface area contributed by atoms with E-state index in [0.29, 0.717) is 23.5 Å². The molecule has 1 aliphatic heterocycles. The molecular formula is C22H26BrFN6O. The third-order valence-corrected chi connectivity index (χ3v) is 6.02. The number of rotatable bonds is 5. The van der Waals surface area contributed by atoms with E-state index in [2.05, 4.69) is 49.5 Å². The molecule has 0 atom stereocenters. The Bertz CT molecular complexity index is 1080. The lowest BCUT2D eigenvalue weighted by Gasteiger charge is -2.34. The Morgan fingerprint density at radius 2 is 1.97 bits per heavy atom. The van der Waals surface area contributed by atoms with Crippen molar-refractivity contribution in [2.24, 2.45) is 0 Å². The van der Waals surface area contributed by atoms with Gasteiger partial charge in [0.25, 0.3) is 0 Å². The number of nitrogens with one attached hydrogen (secondary N) is 1. The van der Waals surface area contributed by atoms with E-state index in [1.165, 1.54) is 6.07 Å². The first kappa shape index (κ1) is 21.7. The fourth-order valence-corrected chi connectivity index (χ4v) is 4.17. The molecule has 0 unspecified atom stereocenters. The molecule has 2 aromatic heterocycles. The van der Waals surface area contributed by atoms with Crippen LogP contribution in [0, 0.1) is 5.82 Å². The van der Waals surface area contributed by atoms with Gasteiger partial charge in [0.2, 0.25) is 0 Å². The molecule has 164 valence electrons. The number of carbonyl (C=O) groups is 1. The normalized spacial score (nSPS) is 15.1. The second-order valence-corrected chi connectivity index (χ2v) is 8.92. The van der Waals surface area contributed by atoms with Gasteiger partial charge in [0.1, 0.15) is 17.2 Å². The van der Waals surface area contributed by atoms with Crippen LogP contribution in [0.3, 0.4) is 0 Å². The lowest BCUT2D eigenvalue weighted by Crippen LogP contribution is -2.50. The zero-order valence-corrected chi connectivity index (χ0v) is 19.3. The van der Waals surface area contributed by atoms with E-state index in [9.17, 15) is 9.18 Å². The molecule has 1 fully saturated rings. The summed E-state index contributed by atoms with van der Waals surface area (Å²) in [6, 6.07) is 8.24. The lowest BCUT2D eigenvalue weighted by molar-refractivity contribution is 0.144. The Hall–Kier alpha value is -2.52. The molecular weight excluding hydrogens is 463 g/mol. The van der Waals surface area contributed by atoms with Gasteiger partial charge in [-0.25, -0.2) is 19.2 Å². The van der Waals surface area contributed by atoms with Gasteiger partial charge in [0.15, 0.2) is 5.65 Å². The van der Waals surface area contributed by atoms with Crippen LogP contribution in [-0.2, 0) is 6.54 Å². The Kier molecular flexibility index (Phi) is 6.52. The number of hydrogen-bond donors (Lipinski definition) is 1. The fourth-order valence-electron chi connectivity index (χ4n) is 3.84. The predicted molar refractivity (Wildman–Crippen MR) is 123 cm³/mol. The highest BCUT2D eigenvalue weighted by Gasteiger charge is 2.22. The highest BCUT2D eigenvalue weighted by atomic mass is 79.9. The summed E-state index contributed by atoms with van der Waals surface area (Å²) in [5.41, 5.74) is 2.03. The van der Waals surface area contributed by atoms with Crippen LogP contribution in [-0.4, -0.2) is 63.1 Å². The lowest BCUT2D eigenvalue weighted by atomic mass is 10.2. The van der Waals surface area contributed by atoms with Crippen molar-refractivity contribution in [1.82, 2.24) is 24.3 Å². The number of fused-ring (bicyclic) bond motifs is 1. The number of anilines is 1. The number of benzene rings is 1. The molecule has 1 saturated heterocycles. The molecule has 2 amide bonds. The topological polar surface area (TPSA) is 66.3 Å². The largest absolute Gasteiger partial charge is 0.322 e. The zero-order chi connectivity index (χ0) is 22.0. The molecule has 3 heterocycles. The summed E-state index contributed by atoms with van der Waals surface area (Å²) in [6.07, 6.45) is 1.80. The molecule has 0 saturated carbocycles. The van der Waals surface area contributed by atoms with E-state index in [0.717, 1.165) is 43.2 Å². The summed E-state index contributed by atoms with van der Waals surface area (Å²) in [5.74, 6) is 0.903. The van der Waals surface area contributed by atoms with Crippen molar-refractivity contribution in [3.63, 3.8) is 0 Å². The number of imidazole rings is 1. The number of hydrogen-bond acceptors (Lipinski definition) is 4. The highest BCUT2D eigenvalue weighted by molar-refractivity contribution is 9.10. The summed E-state index contributed by atoms with van der Waals surface area (Å²) < 4.78 is 16.8. The minimum atomic E-state index is -0.455. The molecule has 1 N–H and O–H groups in total. The van der Waals surface area contributed by atoms with Crippen LogP contribution in [0.15, 0.2) is 41.0 Å². The summed E-state index contributed by atoms with van der Waals surface area (Å²) >= 11 is 3.22. The van der Waals surface area contributed by atoms with Crippen LogP contribution >= 0.6 is 15.9 Å². The van der Waals surface area contributed by atoms with Crippen LogP contribution in [0.2, 0.25) is 0 Å². The van der Waals surface area contributed by atoms with Crippen molar-refractivity contribution < 1.29 is 9.18 Å². The monoisotopic (exact) mass is 488 g/mol. The summed E-state index contributed by atoms with van der Waals surface area (Å²) in [5, 5.41) is 2.67. The quantitative estimate of drug-likeness (QED) is 0.581. The van der Waals surface area contributed by atoms with Crippen molar-refractivity contribution in [2.45, 2.75) is 26.3 Å². The maximum absolute atomic E-state index is 14.0. The summed E-state index contributed by atoms with van der Waals surface area (Å²) in [7, 11) is 0. The maximum atomic E-state index is 14.0. The van der Waals surface area contributed by atoms with Gasteiger partial charge < -0.3 is 14.8 Å². The van der Waals surface area contributed by atoms with Crippen molar-refractivity contribution in [3.8, 4) is 0 Å². The van der Waals surface area contributed by atoms with Gasteiger partial charge in [-0.15, -0.1) is 0 Å². The van der Waals surface area contributed by atoms with Crippen LogP contribution < -0.4 is 5.32 Å². The first-order valence-electron chi connectivity index (χ1n) is 10.5. The van der Waals surface area contributed by atoms with E-state index >= 15 is 0 Å². The minimum Gasteiger partial charge on any atom is -0.322 e. The Balaban J connectivity index is 1.33. The average molecular weight is 489 g/mol. The van der Waals surface area contributed by atoms with Gasteiger partial charge in [0, 0.05) is 55.9 Å². The molecule has 9 heteroatoms. The molecule has 7 nitrogen and oxygen atoms in total. The number of nitrogens with zero attached hydrogens (tertiary/aromatic N) is 5. The Labute approximate surface area is 189 Å². The van der Waals surface area contributed by atoms with Crippen LogP contribution in [0.4, 0.5) is 14.9 Å². The molecule has 31 heavy (non-hydrogen) atoms. The number of pyridine rings is 1. The Morgan fingerprint density at radius 3 is 2.68 bits per heavy atom. The molecule has 0 aliphatic carbocycles. The van der Waals surface area contributed by atoms with Gasteiger partial charge in [-0.2, -0.15) is 0 Å². The van der Waals surface area contributed by atoms with Crippen LogP contribution in [0.25, 0.3) is 11.2 Å². The number of amides is 2. The SMILES string of the molecule is CC(C)c1nc2cccnc2n1CCN1CCN(C(=O)Nc2ccc(Br)cc2F)CC1. The maximum Gasteiger partial charge on any atom is 0.322 e. The van der Waals surface area contributed by atoms with Crippen LogP contribution in [0.5, 0.6) is 0 Å². The second kappa shape index (κ2) is 9.32. The molecule has 3 aromatic rings. The molecule has 0 radical (unpaired) electrons. The third-order valence-electron chi connectivity index (χ3n) is 5.52. The fraction of sp³-hybridized carbons (Fsp3) is 0.409. The molecule has 1 aromatic carbocycles. The van der Waals surface area contributed by atoms with E-state index < -0.39 is 5.82 Å². The number of urea groups is 1. The minimum absolute atomic E-state index is 0.191. The van der Waals surface area contributed by atoms with Crippen LogP contribution in [0.1, 0.15) is 25.6 Å². The van der Waals surface area contributed by atoms with Gasteiger partial charge in [-0.05, 0) is 30.3 Å². The Morgan fingerprint density at radius 1 is 1.19 bits per heavy atom. The summed E-state index contributed by atoms with van der Waals surface area (Å²) in [6.45, 7) is 8.69. The second-order valence-electron chi connectivity index (χ2n) is 8.01. The number of carbonyl (C=O) groups excluding carboxylic acids is 1. The van der Waals surface area contributed by atoms with Gasteiger partial charge >= 0.3 is 6.03 Å². The van der Waals surface area contributed by atoms with Crippen molar-refractivity contribution in [2.75, 3.05) is 38.0 Å². The standard InChI is InChI=1S/C22H26BrFN6O/c1-15(2)20-26-19-4-3-7-25-21(19)30(20)13-10-28-8-11-29(12-9-28)22(31)27-18-6-5-16(23)14-17(18)24/h3-7,14-15H,8-13H2,1-2H3,(H,27,31). The number of aromatic nitrogens is 3. The van der Waals surface area contributed by atoms with Gasteiger partial charge in [-0.3, -0.25) is 4.90 Å². The number of halogens is 2. The van der Waals surface area contributed by atoms with Crippen molar-refractivity contribution >= 4 is 38.8 Å². The first-order valence-corrected chi connectivity index (χ1v) is 11.3. The third kappa shape index (κ3) is 4.88. The van der Waals surface area contributed by atoms with E-state index in [4.69, 9.17) is 4.98 Å². The molecule has 1 aliphatic rings. The predicted octanol–water partition coefficient (Wildman–Crippen LogP) is 4.31. The molecule has 4 rings (SSSR count). The molecule has 0 bridgehead atoms. The first-order chi connectivity index (χ1) is 14.9. The molecule has 0 spiro atoms. The van der Waals surface area contributed by atoms with Crippen molar-refractivity contribution in [1.29, 1.82) is 0 Å². The average Bonchev–Trinajstić information content (AvgIpc) is 3.13. The van der Waals surface area contributed by atoms with E-state index in [1.807, 2.05) is 12.1 Å². The van der Waals surface area contributed by atoms with E-state index in [-0.39, 0.29) is 11.7 Å². The van der Waals surface area contributed by atoms with E-state index in [1.54, 1.807) is 23.2 Å². The zero-order valence-electron chi connectivity index (χ0n) is 17.7. The summed E-state index contributed by atoms with van der Waals surface area (Å²) in [4.78, 5) is 25.9. The smallest absolute Gasteiger partial charge is 0.322 e. The van der Waals surface area contributed by atoms with Gasteiger partial charge in [0.05, 0.1) is 5.69 Å². The van der Waals surface area contributed by atoms with Gasteiger partial charge in [-0.1, -0.05) is 29.8 Å². The highest BCUT2D eigenvalue weighted by Crippen LogP contribution is 2.21. The number of piperazine rings is 1.